The highest BCUT2D eigenvalue weighted by Crippen LogP contribution is 2.62. The van der Waals surface area contributed by atoms with Gasteiger partial charge in [0.2, 0.25) is 11.8 Å². The fraction of sp³-hybridized carbons (Fsp3) is 0.409. The van der Waals surface area contributed by atoms with Crippen LogP contribution < -0.4 is 4.90 Å². The summed E-state index contributed by atoms with van der Waals surface area (Å²) in [6.45, 7) is 1.47. The molecule has 3 fully saturated rings. The van der Waals surface area contributed by atoms with Gasteiger partial charge in [-0.2, -0.15) is 5.26 Å². The molecule has 5 rings (SSSR count). The predicted molar refractivity (Wildman–Crippen MR) is 103 cm³/mol. The van der Waals surface area contributed by atoms with E-state index >= 15 is 0 Å². The molecule has 5 atom stereocenters. The molecule has 7 heteroatoms. The molecule has 2 aromatic rings. The number of aliphatic hydroxyl groups excluding tert-OH is 2. The molecular formula is C22H20N2O5. The summed E-state index contributed by atoms with van der Waals surface area (Å²) in [7, 11) is 0. The molecule has 2 N–H and O–H groups in total. The van der Waals surface area contributed by atoms with E-state index < -0.39 is 35.0 Å². The molecule has 0 aliphatic carbocycles. The molecule has 2 unspecified atom stereocenters. The summed E-state index contributed by atoms with van der Waals surface area (Å²) < 4.78 is 6.09. The highest BCUT2D eigenvalue weighted by Gasteiger charge is 2.76. The van der Waals surface area contributed by atoms with Gasteiger partial charge in [0, 0.05) is 30.2 Å². The molecule has 0 radical (unpaired) electrons. The highest BCUT2D eigenvalue weighted by molar-refractivity contribution is 6.26. The Kier molecular flexibility index (Phi) is 3.69. The lowest BCUT2D eigenvalue weighted by molar-refractivity contribution is -0.134. The van der Waals surface area contributed by atoms with E-state index in [1.807, 2.05) is 0 Å². The summed E-state index contributed by atoms with van der Waals surface area (Å²) in [5.41, 5.74) is -1.31. The third-order valence-electron chi connectivity index (χ3n) is 6.91. The number of carbonyl (C=O) groups is 2. The molecule has 2 bridgehead atoms. The molecule has 29 heavy (non-hydrogen) atoms. The van der Waals surface area contributed by atoms with Crippen LogP contribution in [0.15, 0.2) is 36.4 Å². The summed E-state index contributed by atoms with van der Waals surface area (Å²) >= 11 is 0. The lowest BCUT2D eigenvalue weighted by Gasteiger charge is -2.33. The molecule has 7 nitrogen and oxygen atoms in total. The number of anilines is 1. The van der Waals surface area contributed by atoms with Gasteiger partial charge in [-0.05, 0) is 19.1 Å². The normalized spacial score (nSPS) is 35.4. The number of hydrogen-bond donors (Lipinski definition) is 2. The molecular weight excluding hydrogens is 372 g/mol. The Balaban J connectivity index is 1.68. The Morgan fingerprint density at radius 1 is 1.17 bits per heavy atom. The van der Waals surface area contributed by atoms with Crippen LogP contribution in [0.2, 0.25) is 0 Å². The van der Waals surface area contributed by atoms with Gasteiger partial charge in [-0.3, -0.25) is 9.59 Å². The predicted octanol–water partition coefficient (Wildman–Crippen LogP) is 1.49. The second-order valence-corrected chi connectivity index (χ2v) is 8.30. The molecule has 0 saturated carbocycles. The van der Waals surface area contributed by atoms with Crippen LogP contribution in [0.1, 0.15) is 25.3 Å². The summed E-state index contributed by atoms with van der Waals surface area (Å²) in [5, 5.41) is 30.9. The number of rotatable bonds is 3. The van der Waals surface area contributed by atoms with Gasteiger partial charge in [-0.1, -0.05) is 24.3 Å². The maximum Gasteiger partial charge on any atom is 0.240 e. The number of benzene rings is 2. The number of nitrogens with zero attached hydrogens (tertiary/aromatic N) is 2. The number of amides is 2. The van der Waals surface area contributed by atoms with Gasteiger partial charge in [0.05, 0.1) is 40.9 Å². The van der Waals surface area contributed by atoms with E-state index in [2.05, 4.69) is 6.07 Å². The van der Waals surface area contributed by atoms with Gasteiger partial charge in [0.25, 0.3) is 0 Å². The average molecular weight is 392 g/mol. The Bertz CT molecular complexity index is 1110. The number of imide groups is 1. The van der Waals surface area contributed by atoms with Crippen LogP contribution in [0.25, 0.3) is 10.8 Å². The highest BCUT2D eigenvalue weighted by atomic mass is 16.6. The zero-order chi connectivity index (χ0) is 20.6. The van der Waals surface area contributed by atoms with E-state index in [4.69, 9.17) is 4.74 Å². The van der Waals surface area contributed by atoms with Crippen molar-refractivity contribution in [2.45, 2.75) is 37.1 Å². The van der Waals surface area contributed by atoms with Crippen LogP contribution in [0.4, 0.5) is 5.69 Å². The first-order valence-corrected chi connectivity index (χ1v) is 9.67. The van der Waals surface area contributed by atoms with Gasteiger partial charge in [0.1, 0.15) is 5.60 Å². The Morgan fingerprint density at radius 3 is 2.55 bits per heavy atom. The van der Waals surface area contributed by atoms with Gasteiger partial charge in [-0.15, -0.1) is 0 Å². The molecule has 3 saturated heterocycles. The van der Waals surface area contributed by atoms with E-state index in [1.165, 1.54) is 4.90 Å². The fourth-order valence-corrected chi connectivity index (χ4v) is 5.63. The van der Waals surface area contributed by atoms with Crippen LogP contribution in [0.5, 0.6) is 0 Å². The lowest BCUT2D eigenvalue weighted by atomic mass is 9.66. The molecule has 3 aliphatic rings. The summed E-state index contributed by atoms with van der Waals surface area (Å²) in [6.07, 6.45) is -0.488. The fourth-order valence-electron chi connectivity index (χ4n) is 5.63. The van der Waals surface area contributed by atoms with Gasteiger partial charge in [0.15, 0.2) is 0 Å². The van der Waals surface area contributed by atoms with E-state index in [9.17, 15) is 25.1 Å². The van der Waals surface area contributed by atoms with E-state index in [-0.39, 0.29) is 25.4 Å². The largest absolute Gasteiger partial charge is 0.396 e. The van der Waals surface area contributed by atoms with Crippen LogP contribution in [0, 0.1) is 23.2 Å². The molecule has 3 aliphatic heterocycles. The molecule has 0 spiro atoms. The van der Waals surface area contributed by atoms with Crippen molar-refractivity contribution < 1.29 is 24.5 Å². The molecule has 3 heterocycles. The second kappa shape index (κ2) is 5.86. The average Bonchev–Trinajstić information content (AvgIpc) is 3.23. The van der Waals surface area contributed by atoms with Gasteiger partial charge in [-0.25, -0.2) is 4.90 Å². The Hall–Kier alpha value is -2.79. The first-order valence-electron chi connectivity index (χ1n) is 9.67. The standard InChI is InChI=1S/C22H20N2O5/c1-21-16(26)10-22(29-21,8-9-25)18-17(21)19(27)24(20(18)28)15-7-6-12(11-23)13-4-2-3-5-14(13)15/h2-7,16-18,25-26H,8-10H2,1H3/t16-,17-,18+,21?,22?/m0/s1. The second-order valence-electron chi connectivity index (χ2n) is 8.30. The minimum atomic E-state index is -1.16. The monoisotopic (exact) mass is 392 g/mol. The van der Waals surface area contributed by atoms with Crippen molar-refractivity contribution in [2.24, 2.45) is 11.8 Å². The number of fused-ring (bicyclic) bond motifs is 6. The number of ether oxygens (including phenoxy) is 1. The Morgan fingerprint density at radius 2 is 1.86 bits per heavy atom. The minimum Gasteiger partial charge on any atom is -0.396 e. The molecule has 148 valence electrons. The van der Waals surface area contributed by atoms with Crippen LogP contribution in [0.3, 0.4) is 0 Å². The van der Waals surface area contributed by atoms with Crippen LogP contribution in [-0.4, -0.2) is 45.9 Å². The SMILES string of the molecule is CC12OC(CCO)(C[C@@H]1O)[C@H]1C(=O)N(c3ccc(C#N)c4ccccc34)C(=O)[C@H]12. The number of carbonyl (C=O) groups excluding carboxylic acids is 2. The van der Waals surface area contributed by atoms with Crippen molar-refractivity contribution in [2.75, 3.05) is 11.5 Å². The van der Waals surface area contributed by atoms with Crippen molar-refractivity contribution in [1.82, 2.24) is 0 Å². The van der Waals surface area contributed by atoms with E-state index in [1.54, 1.807) is 43.3 Å². The topological polar surface area (TPSA) is 111 Å². The number of hydrogen-bond acceptors (Lipinski definition) is 6. The van der Waals surface area contributed by atoms with E-state index in [0.29, 0.717) is 22.0 Å². The molecule has 2 aromatic carbocycles. The van der Waals surface area contributed by atoms with Gasteiger partial charge < -0.3 is 14.9 Å². The van der Waals surface area contributed by atoms with Crippen molar-refractivity contribution in [3.63, 3.8) is 0 Å². The van der Waals surface area contributed by atoms with E-state index in [0.717, 1.165) is 0 Å². The van der Waals surface area contributed by atoms with Gasteiger partial charge >= 0.3 is 0 Å². The maximum absolute atomic E-state index is 13.5. The summed E-state index contributed by atoms with van der Waals surface area (Å²) in [4.78, 5) is 28.2. The van der Waals surface area contributed by atoms with Crippen molar-refractivity contribution in [3.8, 4) is 6.07 Å². The molecule has 2 amide bonds. The summed E-state index contributed by atoms with van der Waals surface area (Å²) in [6, 6.07) is 12.5. The number of aliphatic hydroxyl groups is 2. The minimum absolute atomic E-state index is 0.182. The third-order valence-corrected chi connectivity index (χ3v) is 6.91. The maximum atomic E-state index is 13.5. The summed E-state index contributed by atoms with van der Waals surface area (Å²) in [5.74, 6) is -2.33. The molecule has 0 aromatic heterocycles. The smallest absolute Gasteiger partial charge is 0.240 e. The lowest BCUT2D eigenvalue weighted by Crippen LogP contribution is -2.49. The first-order chi connectivity index (χ1) is 13.9. The van der Waals surface area contributed by atoms with Crippen molar-refractivity contribution in [3.05, 3.63) is 42.0 Å². The Labute approximate surface area is 167 Å². The van der Waals surface area contributed by atoms with Crippen LogP contribution in [-0.2, 0) is 14.3 Å². The zero-order valence-corrected chi connectivity index (χ0v) is 15.8. The number of nitriles is 1. The quantitative estimate of drug-likeness (QED) is 0.766. The zero-order valence-electron chi connectivity index (χ0n) is 15.8. The van der Waals surface area contributed by atoms with Crippen LogP contribution >= 0.6 is 0 Å². The third kappa shape index (κ3) is 2.11. The van der Waals surface area contributed by atoms with Crippen molar-refractivity contribution in [1.29, 1.82) is 5.26 Å². The van der Waals surface area contributed by atoms with Crippen molar-refractivity contribution >= 4 is 28.3 Å². The first kappa shape index (κ1) is 18.3.